The molecule has 0 unspecified atom stereocenters. The summed E-state index contributed by atoms with van der Waals surface area (Å²) in [5, 5.41) is 1.73. The van der Waals surface area contributed by atoms with Crippen molar-refractivity contribution in [3.63, 3.8) is 0 Å². The zero-order valence-electron chi connectivity index (χ0n) is 10.9. The van der Waals surface area contributed by atoms with Crippen LogP contribution in [0.1, 0.15) is 5.56 Å². The maximum absolute atomic E-state index is 11.4. The van der Waals surface area contributed by atoms with Crippen LogP contribution in [-0.4, -0.2) is 33.5 Å². The summed E-state index contributed by atoms with van der Waals surface area (Å²) in [7, 11) is 1.70. The lowest BCUT2D eigenvalue weighted by Gasteiger charge is -2.12. The number of nitrogens with one attached hydrogen (secondary N) is 2. The van der Waals surface area contributed by atoms with Gasteiger partial charge in [-0.05, 0) is 24.1 Å². The molecule has 5 nitrogen and oxygen atoms in total. The lowest BCUT2D eigenvalue weighted by molar-refractivity contribution is 0.123. The lowest BCUT2D eigenvalue weighted by Crippen LogP contribution is -2.15. The van der Waals surface area contributed by atoms with E-state index in [1.54, 1.807) is 13.3 Å². The molecule has 104 valence electrons. The molecule has 0 aliphatic carbocycles. The van der Waals surface area contributed by atoms with E-state index in [1.807, 2.05) is 12.1 Å². The molecular weight excluding hydrogens is 322 g/mol. The maximum atomic E-state index is 11.4. The van der Waals surface area contributed by atoms with Crippen molar-refractivity contribution < 1.29 is 4.74 Å². The van der Waals surface area contributed by atoms with Gasteiger partial charge in [-0.3, -0.25) is 4.98 Å². The molecule has 0 spiro atoms. The molecule has 0 radical (unpaired) electrons. The molecule has 20 heavy (non-hydrogen) atoms. The van der Waals surface area contributed by atoms with Gasteiger partial charge in [0.25, 0.3) is 0 Å². The van der Waals surface area contributed by atoms with Crippen molar-refractivity contribution in [2.75, 3.05) is 12.4 Å². The van der Waals surface area contributed by atoms with Crippen LogP contribution in [0.15, 0.2) is 29.2 Å². The lowest BCUT2D eigenvalue weighted by atomic mass is 10.1. The molecule has 0 saturated heterocycles. The van der Waals surface area contributed by atoms with Gasteiger partial charge in [-0.2, -0.15) is 0 Å². The maximum Gasteiger partial charge on any atom is 0.323 e. The summed E-state index contributed by atoms with van der Waals surface area (Å²) in [6.45, 7) is 0. The zero-order chi connectivity index (χ0) is 14.1. The van der Waals surface area contributed by atoms with E-state index in [-0.39, 0.29) is 11.8 Å². The van der Waals surface area contributed by atoms with Crippen LogP contribution in [0.2, 0.25) is 0 Å². The average Bonchev–Trinajstić information content (AvgIpc) is 2.85. The molecule has 2 heterocycles. The smallest absolute Gasteiger partial charge is 0.323 e. The molecule has 0 aliphatic rings. The molecule has 3 aromatic rings. The van der Waals surface area contributed by atoms with Crippen LogP contribution < -0.4 is 5.69 Å². The number of hydrogen-bond acceptors (Lipinski definition) is 3. The molecule has 6 heteroatoms. The molecule has 0 saturated carbocycles. The van der Waals surface area contributed by atoms with E-state index in [2.05, 4.69) is 36.9 Å². The van der Waals surface area contributed by atoms with E-state index in [9.17, 15) is 4.79 Å². The Morgan fingerprint density at radius 1 is 1.40 bits per heavy atom. The van der Waals surface area contributed by atoms with Crippen LogP contribution in [0.5, 0.6) is 0 Å². The van der Waals surface area contributed by atoms with Gasteiger partial charge in [0.1, 0.15) is 0 Å². The SMILES string of the molecule is CO[C@H](CBr)Cc1ccc2ncc3[nH]c(=O)[nH]c3c2c1. The summed E-state index contributed by atoms with van der Waals surface area (Å²) in [5.41, 5.74) is 3.33. The summed E-state index contributed by atoms with van der Waals surface area (Å²) in [5.74, 6) is 0. The number of fused-ring (bicyclic) bond motifs is 3. The predicted molar refractivity (Wildman–Crippen MR) is 82.5 cm³/mol. The summed E-state index contributed by atoms with van der Waals surface area (Å²) >= 11 is 3.44. The third-order valence-electron chi connectivity index (χ3n) is 3.39. The Labute approximate surface area is 123 Å². The van der Waals surface area contributed by atoms with Crippen molar-refractivity contribution in [1.82, 2.24) is 15.0 Å². The Balaban J connectivity index is 2.13. The van der Waals surface area contributed by atoms with Gasteiger partial charge >= 0.3 is 5.69 Å². The van der Waals surface area contributed by atoms with E-state index in [0.29, 0.717) is 0 Å². The summed E-state index contributed by atoms with van der Waals surface area (Å²) < 4.78 is 5.38. The number of H-pyrrole nitrogens is 2. The third-order valence-corrected chi connectivity index (χ3v) is 4.11. The molecule has 0 aliphatic heterocycles. The Morgan fingerprint density at radius 3 is 3.00 bits per heavy atom. The number of aromatic nitrogens is 3. The first-order valence-corrected chi connectivity index (χ1v) is 7.42. The van der Waals surface area contributed by atoms with Crippen LogP contribution in [0.4, 0.5) is 0 Å². The Morgan fingerprint density at radius 2 is 2.25 bits per heavy atom. The highest BCUT2D eigenvalue weighted by Gasteiger charge is 2.10. The second-order valence-corrected chi connectivity index (χ2v) is 5.34. The number of benzene rings is 1. The first kappa shape index (κ1) is 13.3. The molecular formula is C14H14BrN3O2. The molecule has 2 N–H and O–H groups in total. The Bertz CT molecular complexity index is 805. The minimum absolute atomic E-state index is 0.130. The standard InChI is InChI=1S/C14H14BrN3O2/c1-20-9(6-15)4-8-2-3-11-10(5-8)13-12(7-16-11)17-14(19)18-13/h2-3,5,7,9H,4,6H2,1H3,(H2,17,18,19)/t9-/m0/s1. The number of halogens is 1. The quantitative estimate of drug-likeness (QED) is 0.719. The Hall–Kier alpha value is -1.66. The topological polar surface area (TPSA) is 70.8 Å². The number of imidazole rings is 1. The van der Waals surface area contributed by atoms with Gasteiger partial charge in [-0.1, -0.05) is 22.0 Å². The number of ether oxygens (including phenoxy) is 1. The van der Waals surface area contributed by atoms with Gasteiger partial charge in [0.2, 0.25) is 0 Å². The zero-order valence-corrected chi connectivity index (χ0v) is 12.5. The van der Waals surface area contributed by atoms with E-state index < -0.39 is 0 Å². The van der Waals surface area contributed by atoms with Crippen LogP contribution in [0.25, 0.3) is 21.9 Å². The van der Waals surface area contributed by atoms with Crippen LogP contribution >= 0.6 is 15.9 Å². The molecule has 0 amide bonds. The molecule has 3 rings (SSSR count). The van der Waals surface area contributed by atoms with Gasteiger partial charge in [-0.15, -0.1) is 0 Å². The van der Waals surface area contributed by atoms with Gasteiger partial charge in [0, 0.05) is 17.8 Å². The fourth-order valence-corrected chi connectivity index (χ4v) is 2.82. The van der Waals surface area contributed by atoms with Gasteiger partial charge in [0.15, 0.2) is 0 Å². The van der Waals surface area contributed by atoms with Crippen LogP contribution in [0, 0.1) is 0 Å². The van der Waals surface area contributed by atoms with Gasteiger partial charge < -0.3 is 14.7 Å². The minimum Gasteiger partial charge on any atom is -0.380 e. The highest BCUT2D eigenvalue weighted by Crippen LogP contribution is 2.22. The second kappa shape index (κ2) is 5.38. The average molecular weight is 336 g/mol. The third kappa shape index (κ3) is 2.36. The van der Waals surface area contributed by atoms with Crippen LogP contribution in [0.3, 0.4) is 0 Å². The molecule has 1 aromatic carbocycles. The fraction of sp³-hybridized carbons (Fsp3) is 0.286. The van der Waals surface area contributed by atoms with Gasteiger partial charge in [-0.25, -0.2) is 4.79 Å². The minimum atomic E-state index is -0.213. The molecule has 0 fully saturated rings. The molecule has 2 aromatic heterocycles. The fourth-order valence-electron chi connectivity index (χ4n) is 2.33. The molecule has 1 atom stereocenters. The number of aromatic amines is 2. The van der Waals surface area contributed by atoms with Crippen molar-refractivity contribution in [3.05, 3.63) is 40.4 Å². The summed E-state index contributed by atoms with van der Waals surface area (Å²) in [4.78, 5) is 21.3. The van der Waals surface area contributed by atoms with Crippen molar-refractivity contribution in [1.29, 1.82) is 0 Å². The first-order valence-electron chi connectivity index (χ1n) is 6.29. The van der Waals surface area contributed by atoms with Crippen molar-refractivity contribution >= 4 is 37.9 Å². The highest BCUT2D eigenvalue weighted by molar-refractivity contribution is 9.09. The largest absolute Gasteiger partial charge is 0.380 e. The van der Waals surface area contributed by atoms with Crippen molar-refractivity contribution in [2.24, 2.45) is 0 Å². The number of pyridine rings is 1. The van der Waals surface area contributed by atoms with E-state index in [4.69, 9.17) is 4.74 Å². The van der Waals surface area contributed by atoms with E-state index >= 15 is 0 Å². The van der Waals surface area contributed by atoms with Crippen molar-refractivity contribution in [3.8, 4) is 0 Å². The predicted octanol–water partition coefficient (Wildman–Crippen LogP) is 2.36. The number of methoxy groups -OCH3 is 1. The van der Waals surface area contributed by atoms with Crippen LogP contribution in [-0.2, 0) is 11.2 Å². The van der Waals surface area contributed by atoms with E-state index in [1.165, 1.54) is 0 Å². The molecule has 0 bridgehead atoms. The first-order chi connectivity index (χ1) is 9.71. The Kier molecular flexibility index (Phi) is 3.58. The number of rotatable bonds is 4. The normalized spacial score (nSPS) is 13.1. The number of nitrogens with zero attached hydrogens (tertiary/aromatic N) is 1. The number of hydrogen-bond donors (Lipinski definition) is 2. The summed E-state index contributed by atoms with van der Waals surface area (Å²) in [6, 6.07) is 6.07. The van der Waals surface area contributed by atoms with Gasteiger partial charge in [0.05, 0.1) is 28.9 Å². The highest BCUT2D eigenvalue weighted by atomic mass is 79.9. The summed E-state index contributed by atoms with van der Waals surface area (Å²) in [6.07, 6.45) is 2.61. The van der Waals surface area contributed by atoms with Crippen molar-refractivity contribution in [2.45, 2.75) is 12.5 Å². The monoisotopic (exact) mass is 335 g/mol. The van der Waals surface area contributed by atoms with E-state index in [0.717, 1.165) is 39.3 Å². The number of alkyl halides is 1. The second-order valence-electron chi connectivity index (χ2n) is 4.69.